The van der Waals surface area contributed by atoms with Gasteiger partial charge in [0, 0.05) is 4.88 Å². The molecule has 0 bridgehead atoms. The largest absolute Gasteiger partial charge is 0.216 e. The van der Waals surface area contributed by atoms with Crippen LogP contribution >= 0.6 is 22.9 Å². The predicted molar refractivity (Wildman–Crippen MR) is 39.8 cm³/mol. The molecule has 9 heavy (non-hydrogen) atoms. The molecule has 1 aromatic heterocycles. The predicted octanol–water partition coefficient (Wildman–Crippen LogP) is 2.09. The molecule has 0 amide bonds. The lowest BCUT2D eigenvalue weighted by Crippen LogP contribution is -1.73. The van der Waals surface area contributed by atoms with Crippen LogP contribution < -0.4 is 0 Å². The van der Waals surface area contributed by atoms with Crippen molar-refractivity contribution in [3.05, 3.63) is 15.0 Å². The molecule has 1 rings (SSSR count). The molecule has 3 heteroatoms. The van der Waals surface area contributed by atoms with Gasteiger partial charge in [0.05, 0.1) is 0 Å². The summed E-state index contributed by atoms with van der Waals surface area (Å²) in [6, 6.07) is 0. The van der Waals surface area contributed by atoms with Crippen molar-refractivity contribution in [2.75, 3.05) is 0 Å². The number of terminal acetylenes is 1. The van der Waals surface area contributed by atoms with Crippen LogP contribution in [0, 0.1) is 19.3 Å². The zero-order chi connectivity index (χ0) is 6.85. The van der Waals surface area contributed by atoms with E-state index in [2.05, 4.69) is 10.9 Å². The third kappa shape index (κ3) is 1.24. The van der Waals surface area contributed by atoms with Crippen molar-refractivity contribution < 1.29 is 0 Å². The SMILES string of the molecule is C#Cc1nc(Cl)sc1C. The quantitative estimate of drug-likeness (QED) is 0.526. The van der Waals surface area contributed by atoms with Crippen molar-refractivity contribution in [2.45, 2.75) is 6.92 Å². The van der Waals surface area contributed by atoms with Crippen LogP contribution in [0.5, 0.6) is 0 Å². The summed E-state index contributed by atoms with van der Waals surface area (Å²) >= 11 is 6.96. The van der Waals surface area contributed by atoms with Crippen LogP contribution in [0.15, 0.2) is 0 Å². The van der Waals surface area contributed by atoms with Crippen LogP contribution in [-0.4, -0.2) is 4.98 Å². The summed E-state index contributed by atoms with van der Waals surface area (Å²) in [5.41, 5.74) is 0.657. The molecule has 1 heterocycles. The maximum Gasteiger partial charge on any atom is 0.185 e. The summed E-state index contributed by atoms with van der Waals surface area (Å²) in [6.45, 7) is 1.90. The van der Waals surface area contributed by atoms with E-state index in [4.69, 9.17) is 18.0 Å². The molecule has 0 N–H and O–H groups in total. The Morgan fingerprint density at radius 2 is 2.44 bits per heavy atom. The van der Waals surface area contributed by atoms with Gasteiger partial charge in [-0.1, -0.05) is 11.6 Å². The van der Waals surface area contributed by atoms with E-state index in [0.717, 1.165) is 4.88 Å². The number of aromatic nitrogens is 1. The van der Waals surface area contributed by atoms with Crippen LogP contribution in [0.25, 0.3) is 0 Å². The monoisotopic (exact) mass is 157 g/mol. The fourth-order valence-corrected chi connectivity index (χ4v) is 1.52. The van der Waals surface area contributed by atoms with Crippen molar-refractivity contribution in [3.63, 3.8) is 0 Å². The van der Waals surface area contributed by atoms with Crippen LogP contribution in [0.1, 0.15) is 10.6 Å². The molecule has 0 unspecified atom stereocenters. The van der Waals surface area contributed by atoms with Gasteiger partial charge in [0.25, 0.3) is 0 Å². The van der Waals surface area contributed by atoms with E-state index >= 15 is 0 Å². The van der Waals surface area contributed by atoms with E-state index in [9.17, 15) is 0 Å². The molecule has 0 aliphatic heterocycles. The number of aryl methyl sites for hydroxylation is 1. The smallest absolute Gasteiger partial charge is 0.185 e. The van der Waals surface area contributed by atoms with E-state index in [1.54, 1.807) is 0 Å². The molecule has 0 saturated carbocycles. The lowest BCUT2D eigenvalue weighted by molar-refractivity contribution is 1.34. The average Bonchev–Trinajstić information content (AvgIpc) is 2.10. The molecule has 0 spiro atoms. The lowest BCUT2D eigenvalue weighted by atomic mass is 10.4. The number of halogens is 1. The molecular weight excluding hydrogens is 154 g/mol. The van der Waals surface area contributed by atoms with Gasteiger partial charge in [-0.05, 0) is 12.8 Å². The molecule has 0 atom stereocenters. The Morgan fingerprint density at radius 1 is 1.78 bits per heavy atom. The normalized spacial score (nSPS) is 9.00. The minimum atomic E-state index is 0.514. The third-order valence-corrected chi connectivity index (χ3v) is 1.98. The van der Waals surface area contributed by atoms with Crippen LogP contribution in [-0.2, 0) is 0 Å². The van der Waals surface area contributed by atoms with Gasteiger partial charge in [0.15, 0.2) is 4.47 Å². The zero-order valence-electron chi connectivity index (χ0n) is 4.81. The summed E-state index contributed by atoms with van der Waals surface area (Å²) in [5, 5.41) is 0. The first-order chi connectivity index (χ1) is 4.24. The minimum Gasteiger partial charge on any atom is -0.216 e. The van der Waals surface area contributed by atoms with Crippen molar-refractivity contribution in [1.82, 2.24) is 4.98 Å². The van der Waals surface area contributed by atoms with E-state index in [-0.39, 0.29) is 0 Å². The second-order valence-corrected chi connectivity index (χ2v) is 3.30. The Balaban J connectivity index is 3.20. The van der Waals surface area contributed by atoms with Gasteiger partial charge in [-0.3, -0.25) is 0 Å². The Bertz CT molecular complexity index is 259. The zero-order valence-corrected chi connectivity index (χ0v) is 6.38. The van der Waals surface area contributed by atoms with Crippen LogP contribution in [0.2, 0.25) is 4.47 Å². The molecule has 1 nitrogen and oxygen atoms in total. The fraction of sp³-hybridized carbons (Fsp3) is 0.167. The van der Waals surface area contributed by atoms with Gasteiger partial charge >= 0.3 is 0 Å². The first-order valence-corrected chi connectivity index (χ1v) is 3.53. The van der Waals surface area contributed by atoms with Gasteiger partial charge in [-0.15, -0.1) is 17.8 Å². The van der Waals surface area contributed by atoms with E-state index in [1.807, 2.05) is 6.92 Å². The maximum atomic E-state index is 5.56. The molecule has 0 radical (unpaired) electrons. The highest BCUT2D eigenvalue weighted by Crippen LogP contribution is 2.20. The topological polar surface area (TPSA) is 12.9 Å². The van der Waals surface area contributed by atoms with Crippen molar-refractivity contribution in [3.8, 4) is 12.3 Å². The number of hydrogen-bond acceptors (Lipinski definition) is 2. The fourth-order valence-electron chi connectivity index (χ4n) is 0.498. The van der Waals surface area contributed by atoms with E-state index < -0.39 is 0 Å². The molecule has 46 valence electrons. The number of hydrogen-bond donors (Lipinski definition) is 0. The standard InChI is InChI=1S/C6H4ClNS/c1-3-5-4(2)9-6(7)8-5/h1H,2H3. The number of thiazole rings is 1. The summed E-state index contributed by atoms with van der Waals surface area (Å²) in [5.74, 6) is 2.43. The number of rotatable bonds is 0. The maximum absolute atomic E-state index is 5.56. The summed E-state index contributed by atoms with van der Waals surface area (Å²) in [4.78, 5) is 4.88. The van der Waals surface area contributed by atoms with Crippen molar-refractivity contribution >= 4 is 22.9 Å². The molecular formula is C6H4ClNS. The van der Waals surface area contributed by atoms with Gasteiger partial charge in [-0.25, -0.2) is 4.98 Å². The molecule has 0 fully saturated rings. The third-order valence-electron chi connectivity index (χ3n) is 0.907. The average molecular weight is 158 g/mol. The first-order valence-electron chi connectivity index (χ1n) is 2.33. The van der Waals surface area contributed by atoms with Gasteiger partial charge < -0.3 is 0 Å². The highest BCUT2D eigenvalue weighted by Gasteiger charge is 2.00. The van der Waals surface area contributed by atoms with Gasteiger partial charge in [0.1, 0.15) is 5.69 Å². The Morgan fingerprint density at radius 3 is 2.67 bits per heavy atom. The minimum absolute atomic E-state index is 0.514. The summed E-state index contributed by atoms with van der Waals surface area (Å²) in [7, 11) is 0. The van der Waals surface area contributed by atoms with E-state index in [0.29, 0.717) is 10.2 Å². The van der Waals surface area contributed by atoms with Crippen LogP contribution in [0.4, 0.5) is 0 Å². The Kier molecular flexibility index (Phi) is 1.75. The second kappa shape index (κ2) is 2.38. The van der Waals surface area contributed by atoms with E-state index in [1.165, 1.54) is 11.3 Å². The first kappa shape index (κ1) is 6.60. The Hall–Kier alpha value is -0.520. The Labute approximate surface area is 62.7 Å². The highest BCUT2D eigenvalue weighted by atomic mass is 35.5. The van der Waals surface area contributed by atoms with Gasteiger partial charge in [-0.2, -0.15) is 0 Å². The molecule has 0 saturated heterocycles. The second-order valence-electron chi connectivity index (χ2n) is 1.52. The van der Waals surface area contributed by atoms with Crippen LogP contribution in [0.3, 0.4) is 0 Å². The molecule has 0 aliphatic carbocycles. The molecule has 0 aliphatic rings. The molecule has 1 aromatic rings. The molecule has 0 aromatic carbocycles. The van der Waals surface area contributed by atoms with Crippen molar-refractivity contribution in [2.24, 2.45) is 0 Å². The summed E-state index contributed by atoms with van der Waals surface area (Å²) < 4.78 is 0.514. The summed E-state index contributed by atoms with van der Waals surface area (Å²) in [6.07, 6.45) is 5.10. The number of nitrogens with zero attached hydrogens (tertiary/aromatic N) is 1. The van der Waals surface area contributed by atoms with Gasteiger partial charge in [0.2, 0.25) is 0 Å². The van der Waals surface area contributed by atoms with Crippen molar-refractivity contribution in [1.29, 1.82) is 0 Å². The highest BCUT2D eigenvalue weighted by molar-refractivity contribution is 7.15. The lowest BCUT2D eigenvalue weighted by Gasteiger charge is -1.77.